The largest absolute Gasteiger partial charge is 0.497 e. The molecule has 1 unspecified atom stereocenters. The summed E-state index contributed by atoms with van der Waals surface area (Å²) in [5.74, 6) is 1.00. The predicted octanol–water partition coefficient (Wildman–Crippen LogP) is 2.98. The van der Waals surface area contributed by atoms with Crippen molar-refractivity contribution in [2.45, 2.75) is 63.6 Å². The molecule has 3 aliphatic rings. The Morgan fingerprint density at radius 3 is 2.46 bits per heavy atom. The molecule has 1 heterocycles. The minimum absolute atomic E-state index is 0.164. The molecule has 1 aromatic rings. The quantitative estimate of drug-likeness (QED) is 0.787. The summed E-state index contributed by atoms with van der Waals surface area (Å²) in [5, 5.41) is 0. The number of carbonyl (C=O) groups is 2. The molecule has 4 rings (SSSR count). The second kappa shape index (κ2) is 7.29. The normalized spacial score (nSPS) is 23.5. The van der Waals surface area contributed by atoms with E-state index in [1.165, 1.54) is 12.8 Å². The molecule has 0 spiro atoms. The van der Waals surface area contributed by atoms with Crippen LogP contribution in [0.1, 0.15) is 50.5 Å². The molecule has 26 heavy (non-hydrogen) atoms. The molecule has 1 atom stereocenters. The lowest BCUT2D eigenvalue weighted by Crippen LogP contribution is -2.40. The van der Waals surface area contributed by atoms with E-state index in [1.807, 2.05) is 34.1 Å². The van der Waals surface area contributed by atoms with Crippen LogP contribution in [0.25, 0.3) is 0 Å². The summed E-state index contributed by atoms with van der Waals surface area (Å²) in [6.07, 6.45) is 7.16. The molecular weight excluding hydrogens is 328 g/mol. The van der Waals surface area contributed by atoms with E-state index >= 15 is 0 Å². The van der Waals surface area contributed by atoms with Gasteiger partial charge in [-0.25, -0.2) is 0 Å². The van der Waals surface area contributed by atoms with Gasteiger partial charge in [0.05, 0.1) is 13.0 Å². The summed E-state index contributed by atoms with van der Waals surface area (Å²) < 4.78 is 5.21. The summed E-state index contributed by atoms with van der Waals surface area (Å²) in [5.41, 5.74) is 1.11. The molecule has 1 aliphatic heterocycles. The lowest BCUT2D eigenvalue weighted by Gasteiger charge is -2.27. The maximum absolute atomic E-state index is 13.2. The SMILES string of the molecule is COc1ccc(CN(C(=O)C2CC(=O)N(C3CCCC3)C2)C2CC2)cc1. The Morgan fingerprint density at radius 1 is 1.15 bits per heavy atom. The van der Waals surface area contributed by atoms with Gasteiger partial charge in [-0.3, -0.25) is 9.59 Å². The molecule has 0 N–H and O–H groups in total. The fraction of sp³-hybridized carbons (Fsp3) is 0.619. The highest BCUT2D eigenvalue weighted by Crippen LogP contribution is 2.34. The number of methoxy groups -OCH3 is 1. The molecule has 2 amide bonds. The number of ether oxygens (including phenoxy) is 1. The Hall–Kier alpha value is -2.04. The number of rotatable bonds is 6. The molecule has 3 fully saturated rings. The zero-order valence-electron chi connectivity index (χ0n) is 15.5. The van der Waals surface area contributed by atoms with Crippen LogP contribution in [-0.2, 0) is 16.1 Å². The van der Waals surface area contributed by atoms with Gasteiger partial charge in [0.25, 0.3) is 0 Å². The van der Waals surface area contributed by atoms with Crippen molar-refractivity contribution in [3.63, 3.8) is 0 Å². The molecule has 140 valence electrons. The first-order chi connectivity index (χ1) is 12.7. The van der Waals surface area contributed by atoms with Gasteiger partial charge in [-0.15, -0.1) is 0 Å². The second-order valence-corrected chi connectivity index (χ2v) is 7.93. The highest BCUT2D eigenvalue weighted by Gasteiger charge is 2.43. The Morgan fingerprint density at radius 2 is 1.85 bits per heavy atom. The predicted molar refractivity (Wildman–Crippen MR) is 98.6 cm³/mol. The third-order valence-corrected chi connectivity index (χ3v) is 6.06. The zero-order chi connectivity index (χ0) is 18.1. The van der Waals surface area contributed by atoms with Crippen molar-refractivity contribution < 1.29 is 14.3 Å². The van der Waals surface area contributed by atoms with E-state index in [1.54, 1.807) is 7.11 Å². The lowest BCUT2D eigenvalue weighted by molar-refractivity contribution is -0.137. The fourth-order valence-corrected chi connectivity index (χ4v) is 4.40. The van der Waals surface area contributed by atoms with Gasteiger partial charge in [-0.1, -0.05) is 25.0 Å². The molecule has 5 heteroatoms. The number of benzene rings is 1. The highest BCUT2D eigenvalue weighted by molar-refractivity contribution is 5.89. The summed E-state index contributed by atoms with van der Waals surface area (Å²) >= 11 is 0. The van der Waals surface area contributed by atoms with Crippen molar-refractivity contribution in [1.82, 2.24) is 9.80 Å². The number of amides is 2. The first-order valence-electron chi connectivity index (χ1n) is 9.88. The summed E-state index contributed by atoms with van der Waals surface area (Å²) in [6.45, 7) is 1.25. The van der Waals surface area contributed by atoms with Crippen molar-refractivity contribution in [3.8, 4) is 5.75 Å². The van der Waals surface area contributed by atoms with Crippen LogP contribution in [0.15, 0.2) is 24.3 Å². The minimum atomic E-state index is -0.165. The summed E-state index contributed by atoms with van der Waals surface area (Å²) in [4.78, 5) is 29.6. The number of hydrogen-bond acceptors (Lipinski definition) is 3. The molecule has 1 aromatic carbocycles. The van der Waals surface area contributed by atoms with Crippen LogP contribution in [0.2, 0.25) is 0 Å². The van der Waals surface area contributed by atoms with Crippen molar-refractivity contribution in [2.24, 2.45) is 5.92 Å². The van der Waals surface area contributed by atoms with E-state index in [2.05, 4.69) is 0 Å². The number of hydrogen-bond donors (Lipinski definition) is 0. The molecule has 0 radical (unpaired) electrons. The Kier molecular flexibility index (Phi) is 4.88. The lowest BCUT2D eigenvalue weighted by atomic mass is 10.1. The minimum Gasteiger partial charge on any atom is -0.497 e. The summed E-state index contributed by atoms with van der Waals surface area (Å²) in [6, 6.07) is 8.63. The van der Waals surface area contributed by atoms with Crippen molar-refractivity contribution in [1.29, 1.82) is 0 Å². The van der Waals surface area contributed by atoms with Crippen LogP contribution in [0.4, 0.5) is 0 Å². The van der Waals surface area contributed by atoms with Gasteiger partial charge < -0.3 is 14.5 Å². The molecule has 2 aliphatic carbocycles. The van der Waals surface area contributed by atoms with E-state index in [-0.39, 0.29) is 17.7 Å². The van der Waals surface area contributed by atoms with Gasteiger partial charge in [0, 0.05) is 31.6 Å². The zero-order valence-corrected chi connectivity index (χ0v) is 15.5. The van der Waals surface area contributed by atoms with E-state index in [4.69, 9.17) is 4.74 Å². The van der Waals surface area contributed by atoms with Gasteiger partial charge in [0.2, 0.25) is 11.8 Å². The average Bonchev–Trinajstić information content (AvgIpc) is 3.20. The van der Waals surface area contributed by atoms with Crippen LogP contribution in [0, 0.1) is 5.92 Å². The van der Waals surface area contributed by atoms with Gasteiger partial charge in [0.1, 0.15) is 5.75 Å². The first kappa shape index (κ1) is 17.4. The molecule has 0 bridgehead atoms. The maximum Gasteiger partial charge on any atom is 0.228 e. The van der Waals surface area contributed by atoms with Gasteiger partial charge in [0.15, 0.2) is 0 Å². The number of likely N-dealkylation sites (tertiary alicyclic amines) is 1. The van der Waals surface area contributed by atoms with E-state index in [0.717, 1.165) is 37.0 Å². The standard InChI is InChI=1S/C21H28N2O3/c1-26-19-10-6-15(7-11-19)13-23(18-8-9-18)21(25)16-12-20(24)22(14-16)17-4-2-3-5-17/h6-7,10-11,16-18H,2-5,8-9,12-14H2,1H3. The number of nitrogens with zero attached hydrogens (tertiary/aromatic N) is 2. The second-order valence-electron chi connectivity index (χ2n) is 7.93. The Balaban J connectivity index is 1.43. The summed E-state index contributed by atoms with van der Waals surface area (Å²) in [7, 11) is 1.65. The average molecular weight is 356 g/mol. The van der Waals surface area contributed by atoms with E-state index in [0.29, 0.717) is 31.6 Å². The third-order valence-electron chi connectivity index (χ3n) is 6.06. The van der Waals surface area contributed by atoms with Gasteiger partial charge >= 0.3 is 0 Å². The first-order valence-corrected chi connectivity index (χ1v) is 9.88. The maximum atomic E-state index is 13.2. The van der Waals surface area contributed by atoms with Crippen molar-refractivity contribution >= 4 is 11.8 Å². The Labute approximate surface area is 155 Å². The fourth-order valence-electron chi connectivity index (χ4n) is 4.40. The monoisotopic (exact) mass is 356 g/mol. The molecular formula is C21H28N2O3. The van der Waals surface area contributed by atoms with E-state index < -0.39 is 0 Å². The van der Waals surface area contributed by atoms with Crippen molar-refractivity contribution in [3.05, 3.63) is 29.8 Å². The smallest absolute Gasteiger partial charge is 0.228 e. The highest BCUT2D eigenvalue weighted by atomic mass is 16.5. The molecule has 0 aromatic heterocycles. The molecule has 2 saturated carbocycles. The Bertz CT molecular complexity index is 662. The van der Waals surface area contributed by atoms with Gasteiger partial charge in [-0.2, -0.15) is 0 Å². The van der Waals surface area contributed by atoms with Crippen LogP contribution in [-0.4, -0.2) is 47.4 Å². The van der Waals surface area contributed by atoms with Crippen LogP contribution in [0.5, 0.6) is 5.75 Å². The molecule has 1 saturated heterocycles. The van der Waals surface area contributed by atoms with E-state index in [9.17, 15) is 9.59 Å². The van der Waals surface area contributed by atoms with Crippen LogP contribution < -0.4 is 4.74 Å². The third kappa shape index (κ3) is 3.57. The van der Waals surface area contributed by atoms with Crippen molar-refractivity contribution in [2.75, 3.05) is 13.7 Å². The van der Waals surface area contributed by atoms with Crippen LogP contribution in [0.3, 0.4) is 0 Å². The van der Waals surface area contributed by atoms with Gasteiger partial charge in [-0.05, 0) is 43.4 Å². The molecule has 5 nitrogen and oxygen atoms in total. The number of carbonyl (C=O) groups excluding carboxylic acids is 2. The van der Waals surface area contributed by atoms with Crippen LogP contribution >= 0.6 is 0 Å². The topological polar surface area (TPSA) is 49.9 Å².